The van der Waals surface area contributed by atoms with Crippen LogP contribution in [0.3, 0.4) is 0 Å². The lowest BCUT2D eigenvalue weighted by Crippen LogP contribution is -2.59. The lowest BCUT2D eigenvalue weighted by atomic mass is 9.99. The zero-order valence-corrected chi connectivity index (χ0v) is 20.8. The SMILES string of the molecule is C#CCOCC1O[C@@H](OP(=O)(O)OP(=O)(O)O[C@H]2O[C@@H](n3ccc(N)nc3=O)C(O)[C@H]2O)C(O)[C@@H](O)[C@H]1O. The number of nitrogen functional groups attached to an aromatic ring is 1. The first kappa shape index (κ1) is 30.7. The number of phosphoric ester groups is 2. The molecule has 5 unspecified atom stereocenters. The third kappa shape index (κ3) is 7.22. The Kier molecular flexibility index (Phi) is 9.82. The van der Waals surface area contributed by atoms with Crippen molar-refractivity contribution in [3.63, 3.8) is 0 Å². The summed E-state index contributed by atoms with van der Waals surface area (Å²) in [6, 6.07) is 1.15. The standard InChI is InChI=1S/C17H25N3O16P2/c1-2-5-31-6-7-9(21)10(22)12(24)15(32-7)34-37(27,28)36-38(29,30)35-16-13(25)11(23)14(33-16)20-4-3-8(18)19-17(20)26/h1,3-4,7,9-16,21-25H,5-6H2,(H,27,28)(H,29,30)(H2,18,19,26)/t7?,9-,10-,11?,12?,13+,14+,15-,16+/m0/s1. The molecule has 3 heterocycles. The van der Waals surface area contributed by atoms with Gasteiger partial charge in [0.25, 0.3) is 0 Å². The van der Waals surface area contributed by atoms with Gasteiger partial charge in [-0.05, 0) is 6.07 Å². The highest BCUT2D eigenvalue weighted by atomic mass is 31.3. The highest BCUT2D eigenvalue weighted by molar-refractivity contribution is 7.61. The fourth-order valence-electron chi connectivity index (χ4n) is 3.37. The second kappa shape index (κ2) is 12.1. The van der Waals surface area contributed by atoms with Gasteiger partial charge in [-0.2, -0.15) is 9.29 Å². The molecular weight excluding hydrogens is 564 g/mol. The molecule has 2 aliphatic rings. The minimum Gasteiger partial charge on any atom is -0.387 e. The molecule has 38 heavy (non-hydrogen) atoms. The van der Waals surface area contributed by atoms with E-state index in [0.717, 1.165) is 12.3 Å². The fourth-order valence-corrected chi connectivity index (χ4v) is 5.60. The van der Waals surface area contributed by atoms with E-state index in [1.165, 1.54) is 0 Å². The number of phosphoric acid groups is 2. The average Bonchev–Trinajstić information content (AvgIpc) is 3.07. The lowest BCUT2D eigenvalue weighted by molar-refractivity contribution is -0.282. The molecule has 1 aromatic rings. The Balaban J connectivity index is 1.66. The summed E-state index contributed by atoms with van der Waals surface area (Å²) < 4.78 is 53.7. The topological polar surface area (TPSA) is 292 Å². The molecule has 0 aliphatic carbocycles. The maximum absolute atomic E-state index is 12.4. The largest absolute Gasteiger partial charge is 0.483 e. The van der Waals surface area contributed by atoms with Crippen molar-refractivity contribution in [3.8, 4) is 12.3 Å². The maximum Gasteiger partial charge on any atom is 0.483 e. The van der Waals surface area contributed by atoms with Crippen molar-refractivity contribution >= 4 is 21.5 Å². The van der Waals surface area contributed by atoms with Crippen LogP contribution in [0.5, 0.6) is 0 Å². The van der Waals surface area contributed by atoms with E-state index in [1.807, 2.05) is 0 Å². The predicted molar refractivity (Wildman–Crippen MR) is 118 cm³/mol. The Hall–Kier alpha value is -1.82. The van der Waals surface area contributed by atoms with E-state index in [9.17, 15) is 49.2 Å². The summed E-state index contributed by atoms with van der Waals surface area (Å²) in [5.74, 6) is 1.95. The van der Waals surface area contributed by atoms with Crippen molar-refractivity contribution in [3.05, 3.63) is 22.7 Å². The monoisotopic (exact) mass is 589 g/mol. The van der Waals surface area contributed by atoms with Crippen molar-refractivity contribution in [1.82, 2.24) is 9.55 Å². The number of aromatic nitrogens is 2. The van der Waals surface area contributed by atoms with Gasteiger partial charge in [-0.3, -0.25) is 13.6 Å². The van der Waals surface area contributed by atoms with E-state index in [0.29, 0.717) is 4.57 Å². The summed E-state index contributed by atoms with van der Waals surface area (Å²) in [5.41, 5.74) is 4.35. The van der Waals surface area contributed by atoms with Crippen LogP contribution in [-0.2, 0) is 36.7 Å². The summed E-state index contributed by atoms with van der Waals surface area (Å²) in [6.45, 7) is -0.669. The van der Waals surface area contributed by atoms with Gasteiger partial charge in [0.1, 0.15) is 49.0 Å². The van der Waals surface area contributed by atoms with Gasteiger partial charge in [0, 0.05) is 6.20 Å². The van der Waals surface area contributed by atoms with Crippen LogP contribution >= 0.6 is 15.6 Å². The maximum atomic E-state index is 12.4. The Morgan fingerprint density at radius 2 is 1.58 bits per heavy atom. The first-order chi connectivity index (χ1) is 17.7. The van der Waals surface area contributed by atoms with E-state index < -0.39 is 83.4 Å². The van der Waals surface area contributed by atoms with Crippen LogP contribution in [0.15, 0.2) is 17.1 Å². The van der Waals surface area contributed by atoms with Crippen LogP contribution in [0.1, 0.15) is 6.23 Å². The minimum absolute atomic E-state index is 0.167. The molecule has 0 bridgehead atoms. The number of terminal acetylenes is 1. The van der Waals surface area contributed by atoms with Crippen LogP contribution in [0.25, 0.3) is 0 Å². The molecule has 21 heteroatoms. The Bertz CT molecular complexity index is 1180. The number of nitrogens with two attached hydrogens (primary N) is 1. The molecule has 2 fully saturated rings. The normalized spacial score (nSPS) is 36.7. The van der Waals surface area contributed by atoms with Crippen LogP contribution in [0.4, 0.5) is 5.82 Å². The number of hydrogen-bond donors (Lipinski definition) is 8. The van der Waals surface area contributed by atoms with E-state index in [1.54, 1.807) is 0 Å². The van der Waals surface area contributed by atoms with Crippen molar-refractivity contribution < 1.29 is 72.0 Å². The number of anilines is 1. The number of nitrogens with zero attached hydrogens (tertiary/aromatic N) is 2. The summed E-state index contributed by atoms with van der Waals surface area (Å²) in [5, 5.41) is 50.3. The highest BCUT2D eigenvalue weighted by Gasteiger charge is 2.51. The highest BCUT2D eigenvalue weighted by Crippen LogP contribution is 2.62. The molecule has 9 N–H and O–H groups in total. The smallest absolute Gasteiger partial charge is 0.387 e. The Morgan fingerprint density at radius 1 is 1.00 bits per heavy atom. The second-order valence-corrected chi connectivity index (χ2v) is 10.8. The molecular formula is C17H25N3O16P2. The van der Waals surface area contributed by atoms with E-state index in [4.69, 9.17) is 26.4 Å². The second-order valence-electron chi connectivity index (χ2n) is 7.88. The van der Waals surface area contributed by atoms with E-state index in [2.05, 4.69) is 24.3 Å². The molecule has 0 saturated carbocycles. The van der Waals surface area contributed by atoms with Gasteiger partial charge in [-0.15, -0.1) is 6.42 Å². The molecule has 0 amide bonds. The molecule has 0 aromatic carbocycles. The van der Waals surface area contributed by atoms with Crippen molar-refractivity contribution in [2.45, 2.75) is 55.4 Å². The Morgan fingerprint density at radius 3 is 2.16 bits per heavy atom. The quantitative estimate of drug-likeness (QED) is 0.0735. The molecule has 1 aromatic heterocycles. The van der Waals surface area contributed by atoms with Crippen molar-refractivity contribution in [2.75, 3.05) is 18.9 Å². The summed E-state index contributed by atoms with van der Waals surface area (Å²) in [7, 11) is -11.3. The molecule has 11 atom stereocenters. The average molecular weight is 589 g/mol. The summed E-state index contributed by atoms with van der Waals surface area (Å²) >= 11 is 0. The first-order valence-electron chi connectivity index (χ1n) is 10.5. The van der Waals surface area contributed by atoms with Gasteiger partial charge in [0.05, 0.1) is 6.61 Å². The molecule has 19 nitrogen and oxygen atoms in total. The summed E-state index contributed by atoms with van der Waals surface area (Å²) in [4.78, 5) is 35.3. The van der Waals surface area contributed by atoms with Gasteiger partial charge in [0.15, 0.2) is 18.8 Å². The van der Waals surface area contributed by atoms with Crippen molar-refractivity contribution in [1.29, 1.82) is 0 Å². The van der Waals surface area contributed by atoms with E-state index in [-0.39, 0.29) is 12.4 Å². The van der Waals surface area contributed by atoms with Gasteiger partial charge in [-0.1, -0.05) is 5.92 Å². The molecule has 0 radical (unpaired) electrons. The zero-order valence-electron chi connectivity index (χ0n) is 19.0. The zero-order chi connectivity index (χ0) is 28.4. The minimum atomic E-state index is -5.67. The lowest BCUT2D eigenvalue weighted by Gasteiger charge is -2.40. The third-order valence-corrected chi connectivity index (χ3v) is 7.74. The molecule has 2 saturated heterocycles. The number of rotatable bonds is 10. The van der Waals surface area contributed by atoms with Gasteiger partial charge in [-0.25, -0.2) is 13.9 Å². The van der Waals surface area contributed by atoms with Crippen LogP contribution in [0.2, 0.25) is 0 Å². The van der Waals surface area contributed by atoms with Gasteiger partial charge >= 0.3 is 21.3 Å². The molecule has 2 aliphatic heterocycles. The number of hydrogen-bond acceptors (Lipinski definition) is 16. The van der Waals surface area contributed by atoms with Gasteiger partial charge < -0.3 is 55.3 Å². The molecule has 0 spiro atoms. The number of aliphatic hydroxyl groups is 5. The molecule has 3 rings (SSSR count). The van der Waals surface area contributed by atoms with Gasteiger partial charge in [0.2, 0.25) is 0 Å². The third-order valence-electron chi connectivity index (χ3n) is 5.14. The van der Waals surface area contributed by atoms with E-state index >= 15 is 0 Å². The predicted octanol–water partition coefficient (Wildman–Crippen LogP) is -3.89. The van der Waals surface area contributed by atoms with Crippen molar-refractivity contribution in [2.24, 2.45) is 0 Å². The number of aliphatic hydroxyl groups excluding tert-OH is 5. The first-order valence-corrected chi connectivity index (χ1v) is 13.5. The van der Waals surface area contributed by atoms with Crippen LogP contribution < -0.4 is 11.4 Å². The van der Waals surface area contributed by atoms with Crippen LogP contribution in [0, 0.1) is 12.3 Å². The molecule has 214 valence electrons. The number of ether oxygens (including phenoxy) is 3. The summed E-state index contributed by atoms with van der Waals surface area (Å²) in [6.07, 6.45) is -11.2. The van der Waals surface area contributed by atoms with Crippen LogP contribution in [-0.4, -0.2) is 107 Å². The fraction of sp³-hybridized carbons (Fsp3) is 0.647. The Labute approximate surface area is 213 Å².